The number of amides is 1. The highest BCUT2D eigenvalue weighted by Gasteiger charge is 2.21. The van der Waals surface area contributed by atoms with Gasteiger partial charge in [-0.05, 0) is 31.5 Å². The van der Waals surface area contributed by atoms with Gasteiger partial charge in [0.25, 0.3) is 0 Å². The third-order valence-corrected chi connectivity index (χ3v) is 4.32. The number of aryl methyl sites for hydroxylation is 1. The van der Waals surface area contributed by atoms with Crippen molar-refractivity contribution in [2.75, 3.05) is 25.0 Å². The fourth-order valence-corrected chi connectivity index (χ4v) is 2.88. The van der Waals surface area contributed by atoms with Crippen LogP contribution in [0, 0.1) is 0 Å². The van der Waals surface area contributed by atoms with Crippen LogP contribution in [0.25, 0.3) is 0 Å². The molecule has 1 aliphatic heterocycles. The number of nitrogens with one attached hydrogen (secondary N) is 2. The normalized spacial score (nSPS) is 15.2. The summed E-state index contributed by atoms with van der Waals surface area (Å²) in [4.78, 5) is 16.6. The van der Waals surface area contributed by atoms with Crippen LogP contribution in [0.1, 0.15) is 36.6 Å². The molecule has 0 unspecified atom stereocenters. The molecule has 0 radical (unpaired) electrons. The Labute approximate surface area is 147 Å². The predicted molar refractivity (Wildman–Crippen MR) is 95.2 cm³/mol. The highest BCUT2D eigenvalue weighted by atomic mass is 16.5. The molecule has 7 nitrogen and oxygen atoms in total. The first-order chi connectivity index (χ1) is 12.2. The van der Waals surface area contributed by atoms with E-state index in [1.54, 1.807) is 11.7 Å². The summed E-state index contributed by atoms with van der Waals surface area (Å²) < 4.78 is 7.19. The van der Waals surface area contributed by atoms with E-state index in [0.29, 0.717) is 31.5 Å². The molecule has 134 valence electrons. The molecule has 0 atom stereocenters. The largest absolute Gasteiger partial charge is 0.376 e. The summed E-state index contributed by atoms with van der Waals surface area (Å²) >= 11 is 0. The summed E-state index contributed by atoms with van der Waals surface area (Å²) in [6, 6.07) is 9.92. The van der Waals surface area contributed by atoms with Crippen molar-refractivity contribution in [1.82, 2.24) is 20.1 Å². The molecule has 1 fully saturated rings. The molecule has 1 aromatic heterocycles. The van der Waals surface area contributed by atoms with E-state index in [4.69, 9.17) is 4.74 Å². The van der Waals surface area contributed by atoms with E-state index in [2.05, 4.69) is 20.7 Å². The lowest BCUT2D eigenvalue weighted by molar-refractivity contribution is -0.117. The number of hydrogen-bond donors (Lipinski definition) is 2. The number of rotatable bonds is 7. The SMILES string of the molecule is Cn1nc(C2CCNCC2)nc1NC(=O)CCOCc1ccccc1. The van der Waals surface area contributed by atoms with Crippen molar-refractivity contribution in [1.29, 1.82) is 0 Å². The van der Waals surface area contributed by atoms with E-state index in [1.165, 1.54) is 0 Å². The number of ether oxygens (including phenoxy) is 1. The molecule has 1 aliphatic rings. The molecule has 3 rings (SSSR count). The molecule has 0 saturated carbocycles. The lowest BCUT2D eigenvalue weighted by Crippen LogP contribution is -2.27. The van der Waals surface area contributed by atoms with E-state index >= 15 is 0 Å². The summed E-state index contributed by atoms with van der Waals surface area (Å²) in [5, 5.41) is 10.6. The predicted octanol–water partition coefficient (Wildman–Crippen LogP) is 1.83. The number of piperidine rings is 1. The molecule has 7 heteroatoms. The first-order valence-electron chi connectivity index (χ1n) is 8.75. The monoisotopic (exact) mass is 343 g/mol. The molecule has 2 N–H and O–H groups in total. The topological polar surface area (TPSA) is 81.1 Å². The third-order valence-electron chi connectivity index (χ3n) is 4.32. The number of nitrogens with zero attached hydrogens (tertiary/aromatic N) is 3. The van der Waals surface area contributed by atoms with Gasteiger partial charge in [0, 0.05) is 13.0 Å². The molecular formula is C18H25N5O2. The van der Waals surface area contributed by atoms with Gasteiger partial charge in [0.05, 0.1) is 19.6 Å². The second-order valence-electron chi connectivity index (χ2n) is 6.28. The molecule has 2 aromatic rings. The standard InChI is InChI=1S/C18H25N5O2/c1-23-18(21-17(22-23)15-7-10-19-11-8-15)20-16(24)9-12-25-13-14-5-3-2-4-6-14/h2-6,15,19H,7-13H2,1H3,(H,20,21,22,24). The summed E-state index contributed by atoms with van der Waals surface area (Å²) in [6.07, 6.45) is 2.36. The molecule has 1 saturated heterocycles. The smallest absolute Gasteiger partial charge is 0.229 e. The Balaban J connectivity index is 1.43. The molecule has 2 heterocycles. The highest BCUT2D eigenvalue weighted by Crippen LogP contribution is 2.23. The maximum Gasteiger partial charge on any atom is 0.229 e. The first kappa shape index (κ1) is 17.6. The van der Waals surface area contributed by atoms with Crippen LogP contribution in [-0.4, -0.2) is 40.4 Å². The van der Waals surface area contributed by atoms with Crippen LogP contribution in [-0.2, 0) is 23.2 Å². The second kappa shape index (κ2) is 8.73. The molecule has 0 spiro atoms. The fourth-order valence-electron chi connectivity index (χ4n) is 2.88. The van der Waals surface area contributed by atoms with Gasteiger partial charge < -0.3 is 10.1 Å². The van der Waals surface area contributed by atoms with Gasteiger partial charge in [-0.2, -0.15) is 10.1 Å². The van der Waals surface area contributed by atoms with E-state index in [9.17, 15) is 4.79 Å². The highest BCUT2D eigenvalue weighted by molar-refractivity contribution is 5.89. The zero-order valence-corrected chi connectivity index (χ0v) is 14.6. The van der Waals surface area contributed by atoms with Gasteiger partial charge in [-0.1, -0.05) is 30.3 Å². The minimum Gasteiger partial charge on any atom is -0.376 e. The summed E-state index contributed by atoms with van der Waals surface area (Å²) in [5.74, 6) is 1.58. The van der Waals surface area contributed by atoms with Crippen molar-refractivity contribution in [2.24, 2.45) is 7.05 Å². The lowest BCUT2D eigenvalue weighted by Gasteiger charge is -2.19. The molecule has 25 heavy (non-hydrogen) atoms. The Morgan fingerprint density at radius 2 is 2.08 bits per heavy atom. The number of aromatic nitrogens is 3. The van der Waals surface area contributed by atoms with Gasteiger partial charge >= 0.3 is 0 Å². The van der Waals surface area contributed by atoms with E-state index in [1.807, 2.05) is 30.3 Å². The van der Waals surface area contributed by atoms with Crippen molar-refractivity contribution in [3.8, 4) is 0 Å². The van der Waals surface area contributed by atoms with Gasteiger partial charge in [0.15, 0.2) is 5.82 Å². The summed E-state index contributed by atoms with van der Waals surface area (Å²) in [7, 11) is 1.80. The van der Waals surface area contributed by atoms with Crippen LogP contribution in [0.3, 0.4) is 0 Å². The first-order valence-corrected chi connectivity index (χ1v) is 8.75. The van der Waals surface area contributed by atoms with E-state index < -0.39 is 0 Å². The molecule has 0 aliphatic carbocycles. The quantitative estimate of drug-likeness (QED) is 0.750. The van der Waals surface area contributed by atoms with Crippen molar-refractivity contribution < 1.29 is 9.53 Å². The Hall–Kier alpha value is -2.25. The van der Waals surface area contributed by atoms with Crippen LogP contribution in [0.2, 0.25) is 0 Å². The Morgan fingerprint density at radius 3 is 2.84 bits per heavy atom. The van der Waals surface area contributed by atoms with Crippen LogP contribution < -0.4 is 10.6 Å². The Morgan fingerprint density at radius 1 is 1.32 bits per heavy atom. The second-order valence-corrected chi connectivity index (χ2v) is 6.28. The van der Waals surface area contributed by atoms with Gasteiger partial charge in [-0.3, -0.25) is 10.1 Å². The number of benzene rings is 1. The van der Waals surface area contributed by atoms with Gasteiger partial charge in [0.2, 0.25) is 11.9 Å². The number of anilines is 1. The number of hydrogen-bond acceptors (Lipinski definition) is 5. The zero-order chi connectivity index (χ0) is 17.5. The summed E-state index contributed by atoms with van der Waals surface area (Å²) in [5.41, 5.74) is 1.10. The Bertz CT molecular complexity index is 680. The van der Waals surface area contributed by atoms with Crippen LogP contribution in [0.4, 0.5) is 5.95 Å². The van der Waals surface area contributed by atoms with Crippen molar-refractivity contribution in [3.63, 3.8) is 0 Å². The van der Waals surface area contributed by atoms with Crippen LogP contribution in [0.15, 0.2) is 30.3 Å². The van der Waals surface area contributed by atoms with Crippen molar-refractivity contribution >= 4 is 11.9 Å². The number of carbonyl (C=O) groups is 1. The minimum absolute atomic E-state index is 0.111. The third kappa shape index (κ3) is 5.11. The van der Waals surface area contributed by atoms with Crippen molar-refractivity contribution in [3.05, 3.63) is 41.7 Å². The fraction of sp³-hybridized carbons (Fsp3) is 0.500. The van der Waals surface area contributed by atoms with Gasteiger partial charge in [0.1, 0.15) is 0 Å². The van der Waals surface area contributed by atoms with Gasteiger partial charge in [-0.25, -0.2) is 4.68 Å². The van der Waals surface area contributed by atoms with Crippen LogP contribution in [0.5, 0.6) is 0 Å². The maximum atomic E-state index is 12.1. The van der Waals surface area contributed by atoms with Gasteiger partial charge in [-0.15, -0.1) is 0 Å². The molecular weight excluding hydrogens is 318 g/mol. The summed E-state index contributed by atoms with van der Waals surface area (Å²) in [6.45, 7) is 2.87. The van der Waals surface area contributed by atoms with E-state index in [0.717, 1.165) is 37.3 Å². The minimum atomic E-state index is -0.111. The maximum absolute atomic E-state index is 12.1. The molecule has 1 amide bonds. The average molecular weight is 343 g/mol. The average Bonchev–Trinajstić information content (AvgIpc) is 3.01. The van der Waals surface area contributed by atoms with Crippen LogP contribution >= 0.6 is 0 Å². The lowest BCUT2D eigenvalue weighted by atomic mass is 9.98. The van der Waals surface area contributed by atoms with Crippen molar-refractivity contribution in [2.45, 2.75) is 31.8 Å². The molecule has 0 bridgehead atoms. The number of carbonyl (C=O) groups excluding carboxylic acids is 1. The zero-order valence-electron chi connectivity index (χ0n) is 14.6. The molecule has 1 aromatic carbocycles. The Kier molecular flexibility index (Phi) is 6.14. The van der Waals surface area contributed by atoms with E-state index in [-0.39, 0.29) is 5.91 Å².